The van der Waals surface area contributed by atoms with Crippen LogP contribution >= 0.6 is 0 Å². The average molecular weight is 557 g/mol. The van der Waals surface area contributed by atoms with Crippen molar-refractivity contribution in [2.24, 2.45) is 0 Å². The molecule has 0 heterocycles. The van der Waals surface area contributed by atoms with Gasteiger partial charge in [0, 0.05) is 11.8 Å². The molecule has 0 aliphatic rings. The van der Waals surface area contributed by atoms with Gasteiger partial charge in [0.25, 0.3) is 10.0 Å². The highest BCUT2D eigenvalue weighted by Crippen LogP contribution is 2.33. The molecule has 1 amide bonds. The summed E-state index contributed by atoms with van der Waals surface area (Å²) < 4.78 is 49.7. The first kappa shape index (κ1) is 29.3. The normalized spacial score (nSPS) is 10.9. The summed E-state index contributed by atoms with van der Waals surface area (Å²) in [6.45, 7) is 5.40. The topological polar surface area (TPSA) is 120 Å². The number of aryl methyl sites for hydroxylation is 1. The van der Waals surface area contributed by atoms with Gasteiger partial charge in [0.2, 0.25) is 5.91 Å². The van der Waals surface area contributed by atoms with Crippen LogP contribution in [0.1, 0.15) is 29.8 Å². The van der Waals surface area contributed by atoms with Gasteiger partial charge < -0.3 is 24.3 Å². The third-order valence-electron chi connectivity index (χ3n) is 5.69. The van der Waals surface area contributed by atoms with Gasteiger partial charge in [0.15, 0.2) is 11.5 Å². The van der Waals surface area contributed by atoms with Crippen LogP contribution in [0, 0.1) is 6.92 Å². The molecule has 3 rings (SSSR count). The predicted octanol–water partition coefficient (Wildman–Crippen LogP) is 4.42. The van der Waals surface area contributed by atoms with Crippen molar-refractivity contribution in [2.75, 3.05) is 43.6 Å². The molecule has 0 aliphatic heterocycles. The van der Waals surface area contributed by atoms with Crippen molar-refractivity contribution in [1.82, 2.24) is 0 Å². The molecule has 0 bridgehead atoms. The van der Waals surface area contributed by atoms with Gasteiger partial charge in [-0.3, -0.25) is 9.10 Å². The van der Waals surface area contributed by atoms with Crippen molar-refractivity contribution in [3.05, 3.63) is 71.8 Å². The fourth-order valence-corrected chi connectivity index (χ4v) is 5.15. The third-order valence-corrected chi connectivity index (χ3v) is 7.46. The summed E-state index contributed by atoms with van der Waals surface area (Å²) in [5.74, 6) is -0.00231. The SMILES string of the molecule is CCOC(=O)c1ccc(C)c(NC(=O)CN(c2ccc(OCC)cc2)S(=O)(=O)c2ccc(OC)c(OC)c2)c1. The molecule has 0 unspecified atom stereocenters. The van der Waals surface area contributed by atoms with E-state index in [1.54, 1.807) is 50.2 Å². The number of carbonyl (C=O) groups is 2. The minimum Gasteiger partial charge on any atom is -0.494 e. The molecule has 39 heavy (non-hydrogen) atoms. The lowest BCUT2D eigenvalue weighted by Crippen LogP contribution is -2.38. The van der Waals surface area contributed by atoms with Gasteiger partial charge in [-0.25, -0.2) is 13.2 Å². The monoisotopic (exact) mass is 556 g/mol. The number of rotatable bonds is 12. The number of amides is 1. The van der Waals surface area contributed by atoms with Crippen LogP contribution in [0.5, 0.6) is 17.2 Å². The predicted molar refractivity (Wildman–Crippen MR) is 147 cm³/mol. The number of nitrogens with one attached hydrogen (secondary N) is 1. The molecule has 0 saturated heterocycles. The van der Waals surface area contributed by atoms with E-state index in [0.717, 1.165) is 4.31 Å². The fraction of sp³-hybridized carbons (Fsp3) is 0.286. The molecule has 0 spiro atoms. The Kier molecular flexibility index (Phi) is 9.78. The Balaban J connectivity index is 1.98. The van der Waals surface area contributed by atoms with Crippen LogP contribution in [0.25, 0.3) is 0 Å². The summed E-state index contributed by atoms with van der Waals surface area (Å²) in [7, 11) is -1.39. The summed E-state index contributed by atoms with van der Waals surface area (Å²) in [5, 5.41) is 2.72. The zero-order valence-corrected chi connectivity index (χ0v) is 23.3. The number of nitrogens with zero attached hydrogens (tertiary/aromatic N) is 1. The van der Waals surface area contributed by atoms with Crippen molar-refractivity contribution >= 4 is 33.3 Å². The smallest absolute Gasteiger partial charge is 0.338 e. The molecule has 208 valence electrons. The molecular weight excluding hydrogens is 524 g/mol. The van der Waals surface area contributed by atoms with E-state index in [4.69, 9.17) is 18.9 Å². The molecule has 0 aromatic heterocycles. The molecule has 3 aromatic carbocycles. The molecule has 0 aliphatic carbocycles. The van der Waals surface area contributed by atoms with Crippen LogP contribution in [0.15, 0.2) is 65.6 Å². The number of hydrogen-bond donors (Lipinski definition) is 1. The molecule has 0 atom stereocenters. The Morgan fingerprint density at radius 2 is 1.56 bits per heavy atom. The number of esters is 1. The number of ether oxygens (including phenoxy) is 4. The average Bonchev–Trinajstić information content (AvgIpc) is 2.93. The second-order valence-electron chi connectivity index (χ2n) is 8.25. The summed E-state index contributed by atoms with van der Waals surface area (Å²) >= 11 is 0. The highest BCUT2D eigenvalue weighted by molar-refractivity contribution is 7.92. The maximum absolute atomic E-state index is 13.8. The Morgan fingerprint density at radius 1 is 0.872 bits per heavy atom. The first-order valence-electron chi connectivity index (χ1n) is 12.2. The highest BCUT2D eigenvalue weighted by atomic mass is 32.2. The van der Waals surface area contributed by atoms with E-state index in [9.17, 15) is 18.0 Å². The third kappa shape index (κ3) is 6.99. The Bertz CT molecular complexity index is 1420. The number of hydrogen-bond acceptors (Lipinski definition) is 8. The standard InChI is InChI=1S/C28H32N2O8S/c1-6-37-22-12-10-21(11-13-22)30(39(33,34)23-14-15-25(35-4)26(17-23)36-5)18-27(31)29-24-16-20(9-8-19(24)3)28(32)38-7-2/h8-17H,6-7,18H2,1-5H3,(H,29,31). The molecule has 0 fully saturated rings. The van der Waals surface area contributed by atoms with Crippen molar-refractivity contribution in [1.29, 1.82) is 0 Å². The van der Waals surface area contributed by atoms with Crippen LogP contribution in [-0.2, 0) is 19.6 Å². The van der Waals surface area contributed by atoms with Gasteiger partial charge in [-0.1, -0.05) is 6.07 Å². The van der Waals surface area contributed by atoms with E-state index in [1.165, 1.54) is 38.5 Å². The van der Waals surface area contributed by atoms with E-state index < -0.39 is 28.4 Å². The van der Waals surface area contributed by atoms with Crippen LogP contribution < -0.4 is 23.8 Å². The summed E-state index contributed by atoms with van der Waals surface area (Å²) in [5.41, 5.74) is 1.56. The van der Waals surface area contributed by atoms with E-state index in [0.29, 0.717) is 29.4 Å². The Labute approximate surface area is 228 Å². The molecular formula is C28H32N2O8S. The van der Waals surface area contributed by atoms with Crippen LogP contribution in [0.3, 0.4) is 0 Å². The first-order valence-corrected chi connectivity index (χ1v) is 13.6. The molecule has 0 saturated carbocycles. The minimum absolute atomic E-state index is 0.0951. The van der Waals surface area contributed by atoms with E-state index >= 15 is 0 Å². The second-order valence-corrected chi connectivity index (χ2v) is 10.1. The van der Waals surface area contributed by atoms with Gasteiger partial charge in [-0.05, 0) is 74.9 Å². The van der Waals surface area contributed by atoms with Crippen molar-refractivity contribution in [3.63, 3.8) is 0 Å². The number of methoxy groups -OCH3 is 2. The molecule has 10 nitrogen and oxygen atoms in total. The lowest BCUT2D eigenvalue weighted by molar-refractivity contribution is -0.114. The van der Waals surface area contributed by atoms with Crippen LogP contribution in [0.4, 0.5) is 11.4 Å². The lowest BCUT2D eigenvalue weighted by atomic mass is 10.1. The quantitative estimate of drug-likeness (QED) is 0.326. The van der Waals surface area contributed by atoms with Crippen LogP contribution in [0.2, 0.25) is 0 Å². The maximum atomic E-state index is 13.8. The Morgan fingerprint density at radius 3 is 2.18 bits per heavy atom. The second kappa shape index (κ2) is 13.0. The van der Waals surface area contributed by atoms with Gasteiger partial charge >= 0.3 is 5.97 Å². The summed E-state index contributed by atoms with van der Waals surface area (Å²) in [6, 6.07) is 15.3. The zero-order chi connectivity index (χ0) is 28.6. The zero-order valence-electron chi connectivity index (χ0n) is 22.5. The number of sulfonamides is 1. The molecule has 11 heteroatoms. The highest BCUT2D eigenvalue weighted by Gasteiger charge is 2.29. The Hall–Kier alpha value is -4.25. The first-order chi connectivity index (χ1) is 18.6. The van der Waals surface area contributed by atoms with Crippen LogP contribution in [-0.4, -0.2) is 54.3 Å². The van der Waals surface area contributed by atoms with Gasteiger partial charge in [0.05, 0.1) is 43.6 Å². The molecule has 1 N–H and O–H groups in total. The van der Waals surface area contributed by atoms with E-state index in [2.05, 4.69) is 5.32 Å². The van der Waals surface area contributed by atoms with Crippen molar-refractivity contribution < 1.29 is 37.0 Å². The van der Waals surface area contributed by atoms with Crippen molar-refractivity contribution in [2.45, 2.75) is 25.7 Å². The number of carbonyl (C=O) groups excluding carboxylic acids is 2. The number of anilines is 2. The maximum Gasteiger partial charge on any atom is 0.338 e. The van der Waals surface area contributed by atoms with E-state index in [-0.39, 0.29) is 28.5 Å². The van der Waals surface area contributed by atoms with Crippen molar-refractivity contribution in [3.8, 4) is 17.2 Å². The fourth-order valence-electron chi connectivity index (χ4n) is 3.71. The molecule has 3 aromatic rings. The van der Waals surface area contributed by atoms with Gasteiger partial charge in [0.1, 0.15) is 12.3 Å². The number of benzene rings is 3. The summed E-state index contributed by atoms with van der Waals surface area (Å²) in [4.78, 5) is 25.3. The lowest BCUT2D eigenvalue weighted by Gasteiger charge is -2.25. The van der Waals surface area contributed by atoms with Gasteiger partial charge in [-0.2, -0.15) is 0 Å². The molecule has 0 radical (unpaired) electrons. The summed E-state index contributed by atoms with van der Waals surface area (Å²) in [6.07, 6.45) is 0. The van der Waals surface area contributed by atoms with Gasteiger partial charge in [-0.15, -0.1) is 0 Å². The largest absolute Gasteiger partial charge is 0.494 e. The minimum atomic E-state index is -4.24. The van der Waals surface area contributed by atoms with E-state index in [1.807, 2.05) is 6.92 Å².